The fourth-order valence-electron chi connectivity index (χ4n) is 1.25. The third-order valence-corrected chi connectivity index (χ3v) is 2.10. The number of hydrogen-bond acceptors (Lipinski definition) is 3. The second-order valence-corrected chi connectivity index (χ2v) is 3.68. The second kappa shape index (κ2) is 8.64. The van der Waals surface area contributed by atoms with Crippen molar-refractivity contribution in [3.63, 3.8) is 0 Å². The molecule has 3 N–H and O–H groups in total. The number of nitrogens with one attached hydrogen (secondary N) is 1. The van der Waals surface area contributed by atoms with Gasteiger partial charge in [0.1, 0.15) is 12.4 Å². The van der Waals surface area contributed by atoms with Gasteiger partial charge in [0.05, 0.1) is 6.26 Å². The lowest BCUT2D eigenvalue weighted by Gasteiger charge is -2.05. The van der Waals surface area contributed by atoms with E-state index < -0.39 is 0 Å². The van der Waals surface area contributed by atoms with Crippen LogP contribution in [0.2, 0.25) is 0 Å². The highest BCUT2D eigenvalue weighted by atomic mass is 16.5. The monoisotopic (exact) mass is 239 g/mol. The molecule has 0 fully saturated rings. The molecule has 0 saturated heterocycles. The molecule has 5 nitrogen and oxygen atoms in total. The van der Waals surface area contributed by atoms with Gasteiger partial charge in [0.2, 0.25) is 0 Å². The molecule has 0 bridgehead atoms. The van der Waals surface area contributed by atoms with Gasteiger partial charge in [0, 0.05) is 19.7 Å². The highest BCUT2D eigenvalue weighted by molar-refractivity contribution is 5.77. The van der Waals surface area contributed by atoms with Crippen LogP contribution in [0.3, 0.4) is 0 Å². The first-order valence-electron chi connectivity index (χ1n) is 5.97. The Morgan fingerprint density at radius 3 is 3.18 bits per heavy atom. The van der Waals surface area contributed by atoms with E-state index in [9.17, 15) is 0 Å². The lowest BCUT2D eigenvalue weighted by molar-refractivity contribution is 0.105. The fraction of sp³-hybridized carbons (Fsp3) is 0.583. The summed E-state index contributed by atoms with van der Waals surface area (Å²) >= 11 is 0. The first-order valence-corrected chi connectivity index (χ1v) is 5.97. The van der Waals surface area contributed by atoms with Crippen LogP contribution in [0.25, 0.3) is 0 Å². The standard InChI is InChI=1S/C12H21N3O2/c1-2-6-14-12(13)15-7-4-8-16-10-11-5-3-9-17-11/h3,5,9H,2,4,6-8,10H2,1H3,(H3,13,14,15). The Hall–Kier alpha value is -1.49. The summed E-state index contributed by atoms with van der Waals surface area (Å²) < 4.78 is 10.6. The van der Waals surface area contributed by atoms with Gasteiger partial charge in [-0.25, -0.2) is 0 Å². The maximum absolute atomic E-state index is 5.63. The van der Waals surface area contributed by atoms with Gasteiger partial charge in [-0.15, -0.1) is 0 Å². The van der Waals surface area contributed by atoms with Crippen LogP contribution in [0.1, 0.15) is 25.5 Å². The van der Waals surface area contributed by atoms with E-state index in [1.165, 1.54) is 0 Å². The molecule has 0 aliphatic rings. The van der Waals surface area contributed by atoms with Gasteiger partial charge in [0.25, 0.3) is 0 Å². The maximum atomic E-state index is 5.63. The molecule has 1 rings (SSSR count). The van der Waals surface area contributed by atoms with Gasteiger partial charge in [-0.1, -0.05) is 6.92 Å². The average molecular weight is 239 g/mol. The summed E-state index contributed by atoms with van der Waals surface area (Å²) in [5.41, 5.74) is 5.63. The summed E-state index contributed by atoms with van der Waals surface area (Å²) in [5.74, 6) is 1.36. The number of nitrogens with zero attached hydrogens (tertiary/aromatic N) is 1. The fourth-order valence-corrected chi connectivity index (χ4v) is 1.25. The summed E-state index contributed by atoms with van der Waals surface area (Å²) in [4.78, 5) is 4.13. The highest BCUT2D eigenvalue weighted by Gasteiger charge is 1.95. The first kappa shape index (κ1) is 13.6. The predicted octanol–water partition coefficient (Wildman–Crippen LogP) is 1.50. The van der Waals surface area contributed by atoms with Crippen molar-refractivity contribution in [2.75, 3.05) is 19.7 Å². The SMILES string of the molecule is CCCN=C(N)NCCCOCc1ccco1. The zero-order valence-electron chi connectivity index (χ0n) is 10.3. The molecule has 0 saturated carbocycles. The summed E-state index contributed by atoms with van der Waals surface area (Å²) in [7, 11) is 0. The van der Waals surface area contributed by atoms with Crippen molar-refractivity contribution in [3.8, 4) is 0 Å². The third-order valence-electron chi connectivity index (χ3n) is 2.10. The Balaban J connectivity index is 1.94. The van der Waals surface area contributed by atoms with E-state index in [1.54, 1.807) is 6.26 Å². The van der Waals surface area contributed by atoms with Crippen molar-refractivity contribution in [2.24, 2.45) is 10.7 Å². The first-order chi connectivity index (χ1) is 8.33. The van der Waals surface area contributed by atoms with Gasteiger partial charge in [-0.2, -0.15) is 0 Å². The van der Waals surface area contributed by atoms with Crippen LogP contribution in [0.5, 0.6) is 0 Å². The molecule has 5 heteroatoms. The van der Waals surface area contributed by atoms with Gasteiger partial charge in [0.15, 0.2) is 5.96 Å². The number of rotatable bonds is 8. The number of aliphatic imine (C=N–C) groups is 1. The minimum Gasteiger partial charge on any atom is -0.467 e. The number of furan rings is 1. The largest absolute Gasteiger partial charge is 0.467 e. The van der Waals surface area contributed by atoms with Crippen LogP contribution in [0.4, 0.5) is 0 Å². The molecular weight excluding hydrogens is 218 g/mol. The summed E-state index contributed by atoms with van der Waals surface area (Å²) in [6.07, 6.45) is 3.54. The van der Waals surface area contributed by atoms with E-state index in [-0.39, 0.29) is 0 Å². The quantitative estimate of drug-likeness (QED) is 0.409. The van der Waals surface area contributed by atoms with E-state index in [0.717, 1.165) is 31.7 Å². The molecular formula is C12H21N3O2. The van der Waals surface area contributed by atoms with Crippen LogP contribution < -0.4 is 11.1 Å². The molecule has 0 aromatic carbocycles. The van der Waals surface area contributed by atoms with E-state index >= 15 is 0 Å². The zero-order valence-corrected chi connectivity index (χ0v) is 10.3. The number of hydrogen-bond donors (Lipinski definition) is 2. The molecule has 0 aliphatic heterocycles. The molecule has 96 valence electrons. The average Bonchev–Trinajstić information content (AvgIpc) is 2.84. The Morgan fingerprint density at radius 2 is 2.47 bits per heavy atom. The van der Waals surface area contributed by atoms with Crippen molar-refractivity contribution in [1.29, 1.82) is 0 Å². The molecule has 0 aliphatic carbocycles. The van der Waals surface area contributed by atoms with Gasteiger partial charge in [-0.3, -0.25) is 4.99 Å². The number of nitrogens with two attached hydrogens (primary N) is 1. The van der Waals surface area contributed by atoms with Crippen molar-refractivity contribution in [2.45, 2.75) is 26.4 Å². The Morgan fingerprint density at radius 1 is 1.59 bits per heavy atom. The summed E-state index contributed by atoms with van der Waals surface area (Å²) in [5, 5.41) is 3.04. The van der Waals surface area contributed by atoms with E-state index in [1.807, 2.05) is 12.1 Å². The van der Waals surface area contributed by atoms with E-state index in [4.69, 9.17) is 14.9 Å². The minimum absolute atomic E-state index is 0.512. The predicted molar refractivity (Wildman–Crippen MR) is 67.8 cm³/mol. The lowest BCUT2D eigenvalue weighted by atomic mass is 10.4. The molecule has 0 amide bonds. The van der Waals surface area contributed by atoms with Crippen LogP contribution in [0.15, 0.2) is 27.8 Å². The summed E-state index contributed by atoms with van der Waals surface area (Å²) in [6.45, 7) is 4.81. The van der Waals surface area contributed by atoms with Crippen LogP contribution in [-0.2, 0) is 11.3 Å². The molecule has 17 heavy (non-hydrogen) atoms. The second-order valence-electron chi connectivity index (χ2n) is 3.68. The van der Waals surface area contributed by atoms with Gasteiger partial charge < -0.3 is 20.2 Å². The van der Waals surface area contributed by atoms with Crippen molar-refractivity contribution >= 4 is 5.96 Å². The Bertz CT molecular complexity index is 310. The van der Waals surface area contributed by atoms with E-state index in [2.05, 4.69) is 17.2 Å². The van der Waals surface area contributed by atoms with E-state index in [0.29, 0.717) is 19.2 Å². The smallest absolute Gasteiger partial charge is 0.188 e. The molecule has 1 heterocycles. The van der Waals surface area contributed by atoms with Gasteiger partial charge >= 0.3 is 0 Å². The third kappa shape index (κ3) is 6.63. The van der Waals surface area contributed by atoms with Crippen molar-refractivity contribution in [3.05, 3.63) is 24.2 Å². The normalized spacial score (nSPS) is 11.7. The zero-order chi connectivity index (χ0) is 12.3. The summed E-state index contributed by atoms with van der Waals surface area (Å²) in [6, 6.07) is 3.75. The molecule has 0 spiro atoms. The molecule has 0 radical (unpaired) electrons. The van der Waals surface area contributed by atoms with Crippen LogP contribution >= 0.6 is 0 Å². The van der Waals surface area contributed by atoms with Gasteiger partial charge in [-0.05, 0) is 25.0 Å². The molecule has 0 atom stereocenters. The number of ether oxygens (including phenoxy) is 1. The molecule has 0 unspecified atom stereocenters. The highest BCUT2D eigenvalue weighted by Crippen LogP contribution is 2.01. The molecule has 1 aromatic rings. The van der Waals surface area contributed by atoms with Crippen molar-refractivity contribution in [1.82, 2.24) is 5.32 Å². The number of guanidine groups is 1. The molecule has 1 aromatic heterocycles. The minimum atomic E-state index is 0.512. The van der Waals surface area contributed by atoms with Crippen molar-refractivity contribution < 1.29 is 9.15 Å². The topological polar surface area (TPSA) is 72.8 Å². The van der Waals surface area contributed by atoms with Crippen LogP contribution in [-0.4, -0.2) is 25.7 Å². The maximum Gasteiger partial charge on any atom is 0.188 e. The van der Waals surface area contributed by atoms with Crippen LogP contribution in [0, 0.1) is 0 Å². The Labute approximate surface area is 102 Å². The Kier molecular flexibility index (Phi) is 6.90. The lowest BCUT2D eigenvalue weighted by Crippen LogP contribution is -2.33.